The van der Waals surface area contributed by atoms with E-state index in [9.17, 15) is 14.4 Å². The second-order valence-electron chi connectivity index (χ2n) is 4.03. The zero-order valence-corrected chi connectivity index (χ0v) is 13.1. The average Bonchev–Trinajstić information content (AvgIpc) is 2.89. The number of carbonyl (C=O) groups is 3. The summed E-state index contributed by atoms with van der Waals surface area (Å²) in [6, 6.07) is 3.24. The van der Waals surface area contributed by atoms with E-state index in [0.717, 1.165) is 11.3 Å². The number of amides is 1. The Hall–Kier alpha value is -1.44. The Kier molecular flexibility index (Phi) is 7.96. The van der Waals surface area contributed by atoms with Gasteiger partial charge in [-0.3, -0.25) is 14.4 Å². The molecule has 0 radical (unpaired) electrons. The molecule has 0 saturated carbocycles. The summed E-state index contributed by atoms with van der Waals surface area (Å²) in [4.78, 5) is 34.9. The van der Waals surface area contributed by atoms with Crippen LogP contribution in [-0.4, -0.2) is 44.5 Å². The van der Waals surface area contributed by atoms with Crippen LogP contribution in [0.4, 0.5) is 0 Å². The van der Waals surface area contributed by atoms with Crippen molar-refractivity contribution in [1.82, 2.24) is 5.32 Å². The van der Waals surface area contributed by atoms with Crippen LogP contribution in [0, 0.1) is 0 Å². The van der Waals surface area contributed by atoms with Crippen molar-refractivity contribution in [2.45, 2.75) is 12.8 Å². The second kappa shape index (κ2) is 9.49. The molecule has 0 aliphatic rings. The van der Waals surface area contributed by atoms with Crippen LogP contribution in [0.3, 0.4) is 0 Å². The maximum Gasteiger partial charge on any atom is 0.306 e. The number of carbonyl (C=O) groups excluding carboxylic acids is 3. The van der Waals surface area contributed by atoms with Crippen LogP contribution in [0.2, 0.25) is 4.34 Å². The van der Waals surface area contributed by atoms with Crippen LogP contribution in [0.1, 0.15) is 22.5 Å². The topological polar surface area (TPSA) is 81.7 Å². The lowest BCUT2D eigenvalue weighted by Crippen LogP contribution is -2.31. The molecule has 1 rings (SSSR count). The maximum atomic E-state index is 11.7. The number of ketones is 1. The average molecular weight is 334 g/mol. The van der Waals surface area contributed by atoms with Crippen molar-refractivity contribution in [3.63, 3.8) is 0 Å². The highest BCUT2D eigenvalue weighted by Gasteiger charge is 2.13. The van der Waals surface area contributed by atoms with Crippen LogP contribution < -0.4 is 5.32 Å². The van der Waals surface area contributed by atoms with Crippen LogP contribution >= 0.6 is 22.9 Å². The second-order valence-corrected chi connectivity index (χ2v) is 5.75. The van der Waals surface area contributed by atoms with Gasteiger partial charge in [0, 0.05) is 20.1 Å². The van der Waals surface area contributed by atoms with Gasteiger partial charge in [-0.1, -0.05) is 11.6 Å². The summed E-state index contributed by atoms with van der Waals surface area (Å²) in [6.07, 6.45) is -0.0410. The van der Waals surface area contributed by atoms with Crippen molar-refractivity contribution in [3.8, 4) is 0 Å². The predicted molar refractivity (Wildman–Crippen MR) is 78.7 cm³/mol. The zero-order chi connectivity index (χ0) is 15.7. The quantitative estimate of drug-likeness (QED) is 0.422. The highest BCUT2D eigenvalue weighted by atomic mass is 35.5. The lowest BCUT2D eigenvalue weighted by molar-refractivity contribution is -0.148. The molecule has 21 heavy (non-hydrogen) atoms. The summed E-state index contributed by atoms with van der Waals surface area (Å²) < 4.78 is 10.0. The standard InChI is InChI=1S/C13H16ClNO5S/c1-19-7-6-15-12(17)8-20-13(18)5-2-9(16)10-3-4-11(14)21-10/h3-4H,2,5-8H2,1H3,(H,15,17). The third-order valence-corrected chi connectivity index (χ3v) is 3.67. The molecule has 0 bridgehead atoms. The molecule has 0 spiro atoms. The predicted octanol–water partition coefficient (Wildman–Crippen LogP) is 1.67. The van der Waals surface area contributed by atoms with Gasteiger partial charge in [-0.25, -0.2) is 0 Å². The van der Waals surface area contributed by atoms with E-state index in [0.29, 0.717) is 22.4 Å². The molecule has 0 saturated heterocycles. The Morgan fingerprint density at radius 3 is 2.67 bits per heavy atom. The van der Waals surface area contributed by atoms with E-state index in [-0.39, 0.29) is 25.2 Å². The molecule has 0 fully saturated rings. The summed E-state index contributed by atoms with van der Waals surface area (Å²) in [6.45, 7) is 0.379. The summed E-state index contributed by atoms with van der Waals surface area (Å²) in [7, 11) is 1.52. The highest BCUT2D eigenvalue weighted by Crippen LogP contribution is 2.22. The molecule has 0 unspecified atom stereocenters. The maximum absolute atomic E-state index is 11.7. The Balaban J connectivity index is 2.19. The lowest BCUT2D eigenvalue weighted by Gasteiger charge is -2.05. The first kappa shape index (κ1) is 17.6. The van der Waals surface area contributed by atoms with Gasteiger partial charge >= 0.3 is 5.97 Å². The summed E-state index contributed by atoms with van der Waals surface area (Å²) in [5.74, 6) is -1.17. The van der Waals surface area contributed by atoms with Gasteiger partial charge in [0.1, 0.15) is 0 Å². The molecule has 0 aliphatic heterocycles. The normalized spacial score (nSPS) is 10.2. The SMILES string of the molecule is COCCNC(=O)COC(=O)CCC(=O)c1ccc(Cl)s1. The van der Waals surface area contributed by atoms with Crippen molar-refractivity contribution >= 4 is 40.6 Å². The Labute approximate surface area is 131 Å². The van der Waals surface area contributed by atoms with E-state index < -0.39 is 11.9 Å². The number of nitrogens with one attached hydrogen (secondary N) is 1. The van der Waals surface area contributed by atoms with E-state index in [4.69, 9.17) is 21.1 Å². The smallest absolute Gasteiger partial charge is 0.306 e. The number of hydrogen-bond donors (Lipinski definition) is 1. The minimum atomic E-state index is -0.590. The van der Waals surface area contributed by atoms with E-state index in [1.807, 2.05) is 0 Å². The number of halogens is 1. The lowest BCUT2D eigenvalue weighted by atomic mass is 10.2. The highest BCUT2D eigenvalue weighted by molar-refractivity contribution is 7.18. The van der Waals surface area contributed by atoms with Gasteiger partial charge in [-0.05, 0) is 12.1 Å². The molecule has 0 aromatic carbocycles. The third-order valence-electron chi connectivity index (χ3n) is 2.40. The number of rotatable bonds is 9. The molecule has 1 amide bonds. The minimum Gasteiger partial charge on any atom is -0.456 e. The molecule has 6 nitrogen and oxygen atoms in total. The van der Waals surface area contributed by atoms with E-state index in [1.54, 1.807) is 12.1 Å². The number of ether oxygens (including phenoxy) is 2. The van der Waals surface area contributed by atoms with E-state index in [2.05, 4.69) is 5.32 Å². The molecule has 116 valence electrons. The van der Waals surface area contributed by atoms with Gasteiger partial charge in [0.15, 0.2) is 12.4 Å². The van der Waals surface area contributed by atoms with E-state index >= 15 is 0 Å². The van der Waals surface area contributed by atoms with Crippen molar-refractivity contribution in [1.29, 1.82) is 0 Å². The Morgan fingerprint density at radius 1 is 1.29 bits per heavy atom. The molecule has 1 heterocycles. The molecule has 1 aromatic rings. The molecule has 0 atom stereocenters. The van der Waals surface area contributed by atoms with Crippen molar-refractivity contribution < 1.29 is 23.9 Å². The number of methoxy groups -OCH3 is 1. The summed E-state index contributed by atoms with van der Waals surface area (Å²) >= 11 is 6.89. The van der Waals surface area contributed by atoms with Crippen LogP contribution in [0.15, 0.2) is 12.1 Å². The Bertz CT molecular complexity index is 503. The first-order valence-corrected chi connectivity index (χ1v) is 7.42. The van der Waals surface area contributed by atoms with Gasteiger partial charge < -0.3 is 14.8 Å². The molecular weight excluding hydrogens is 318 g/mol. The monoisotopic (exact) mass is 333 g/mol. The molecule has 1 aromatic heterocycles. The van der Waals surface area contributed by atoms with E-state index in [1.165, 1.54) is 7.11 Å². The van der Waals surface area contributed by atoms with Gasteiger partial charge in [0.05, 0.1) is 22.2 Å². The number of Topliss-reactive ketones (excluding diaryl/α,β-unsaturated/α-hetero) is 1. The summed E-state index contributed by atoms with van der Waals surface area (Å²) in [5, 5.41) is 2.51. The first-order valence-electron chi connectivity index (χ1n) is 6.22. The fourth-order valence-electron chi connectivity index (χ4n) is 1.36. The largest absolute Gasteiger partial charge is 0.456 e. The van der Waals surface area contributed by atoms with Crippen molar-refractivity contribution in [2.24, 2.45) is 0 Å². The first-order chi connectivity index (χ1) is 10.0. The van der Waals surface area contributed by atoms with Crippen LogP contribution in [0.25, 0.3) is 0 Å². The number of esters is 1. The van der Waals surface area contributed by atoms with Gasteiger partial charge in [0.2, 0.25) is 0 Å². The fourth-order valence-corrected chi connectivity index (χ4v) is 2.38. The fraction of sp³-hybridized carbons (Fsp3) is 0.462. The van der Waals surface area contributed by atoms with Gasteiger partial charge in [0.25, 0.3) is 5.91 Å². The number of thiophene rings is 1. The van der Waals surface area contributed by atoms with Gasteiger partial charge in [-0.15, -0.1) is 11.3 Å². The van der Waals surface area contributed by atoms with Crippen molar-refractivity contribution in [2.75, 3.05) is 26.9 Å². The summed E-state index contributed by atoms with van der Waals surface area (Å²) in [5.41, 5.74) is 0. The molecule has 1 N–H and O–H groups in total. The minimum absolute atomic E-state index is 0.0287. The molecular formula is C13H16ClNO5S. The van der Waals surface area contributed by atoms with Crippen molar-refractivity contribution in [3.05, 3.63) is 21.3 Å². The van der Waals surface area contributed by atoms with Gasteiger partial charge in [-0.2, -0.15) is 0 Å². The molecule has 8 heteroatoms. The third kappa shape index (κ3) is 7.22. The van der Waals surface area contributed by atoms with Crippen LogP contribution in [0.5, 0.6) is 0 Å². The van der Waals surface area contributed by atoms with Crippen LogP contribution in [-0.2, 0) is 19.1 Å². The molecule has 0 aliphatic carbocycles. The zero-order valence-electron chi connectivity index (χ0n) is 11.5. The number of hydrogen-bond acceptors (Lipinski definition) is 6. The Morgan fingerprint density at radius 2 is 2.05 bits per heavy atom.